The van der Waals surface area contributed by atoms with Gasteiger partial charge in [0.25, 0.3) is 0 Å². The lowest BCUT2D eigenvalue weighted by Gasteiger charge is -2.03. The lowest BCUT2D eigenvalue weighted by molar-refractivity contribution is -0.121. The highest BCUT2D eigenvalue weighted by molar-refractivity contribution is 7.13. The Labute approximate surface area is 155 Å². The van der Waals surface area contributed by atoms with Crippen molar-refractivity contribution in [2.45, 2.75) is 32.6 Å². The van der Waals surface area contributed by atoms with Crippen molar-refractivity contribution in [2.75, 3.05) is 12.3 Å². The number of thiazole rings is 1. The maximum absolute atomic E-state index is 11.9. The van der Waals surface area contributed by atoms with Gasteiger partial charge in [0.05, 0.1) is 5.69 Å². The maximum Gasteiger partial charge on any atom is 0.226 e. The Morgan fingerprint density at radius 3 is 2.96 bits per heavy atom. The van der Waals surface area contributed by atoms with Crippen LogP contribution in [0.4, 0.5) is 5.13 Å². The molecule has 0 saturated carbocycles. The molecule has 8 heteroatoms. The topological polar surface area (TPSA) is 107 Å². The summed E-state index contributed by atoms with van der Waals surface area (Å²) in [5, 5.41) is 9.35. The standard InChI is InChI=1S/C18H21N5O2S/c1-12-4-2-5-13(10-12)17-22-16(25-23-17)7-3-6-15(24)20-9-8-14-11-26-18(19)21-14/h2,4-5,10-11H,3,6-9H2,1H3,(H2,19,21)(H,20,24). The lowest BCUT2D eigenvalue weighted by Crippen LogP contribution is -2.25. The number of hydrogen-bond donors (Lipinski definition) is 2. The van der Waals surface area contributed by atoms with Gasteiger partial charge in [-0.25, -0.2) is 4.98 Å². The number of nitrogens with two attached hydrogens (primary N) is 1. The average molecular weight is 371 g/mol. The van der Waals surface area contributed by atoms with E-state index in [1.165, 1.54) is 11.3 Å². The van der Waals surface area contributed by atoms with Gasteiger partial charge in [0.2, 0.25) is 17.6 Å². The van der Waals surface area contributed by atoms with Crippen molar-refractivity contribution in [1.82, 2.24) is 20.4 Å². The Hall–Kier alpha value is -2.74. The molecule has 0 radical (unpaired) electrons. The first-order chi connectivity index (χ1) is 12.6. The third-order valence-corrected chi connectivity index (χ3v) is 4.53. The molecular formula is C18H21N5O2S. The smallest absolute Gasteiger partial charge is 0.226 e. The molecular weight excluding hydrogens is 350 g/mol. The second kappa shape index (κ2) is 8.57. The van der Waals surface area contributed by atoms with Crippen molar-refractivity contribution in [3.05, 3.63) is 46.8 Å². The van der Waals surface area contributed by atoms with Crippen LogP contribution in [0.25, 0.3) is 11.4 Å². The molecule has 0 aliphatic rings. The van der Waals surface area contributed by atoms with Crippen molar-refractivity contribution in [3.63, 3.8) is 0 Å². The molecule has 136 valence electrons. The van der Waals surface area contributed by atoms with Gasteiger partial charge < -0.3 is 15.6 Å². The summed E-state index contributed by atoms with van der Waals surface area (Å²) in [6, 6.07) is 7.94. The Bertz CT molecular complexity index is 874. The van der Waals surface area contributed by atoms with E-state index in [1.807, 2.05) is 36.6 Å². The molecule has 0 unspecified atom stereocenters. The molecule has 2 heterocycles. The monoisotopic (exact) mass is 371 g/mol. The van der Waals surface area contributed by atoms with Crippen LogP contribution in [0, 0.1) is 6.92 Å². The Kier molecular flexibility index (Phi) is 5.96. The molecule has 0 bridgehead atoms. The van der Waals surface area contributed by atoms with E-state index >= 15 is 0 Å². The fourth-order valence-electron chi connectivity index (χ4n) is 2.51. The Balaban J connectivity index is 1.38. The molecule has 1 aromatic carbocycles. The molecule has 0 aliphatic heterocycles. The second-order valence-corrected chi connectivity index (χ2v) is 6.90. The fraction of sp³-hybridized carbons (Fsp3) is 0.333. The van der Waals surface area contributed by atoms with E-state index in [-0.39, 0.29) is 5.91 Å². The normalized spacial score (nSPS) is 10.8. The highest BCUT2D eigenvalue weighted by Crippen LogP contribution is 2.17. The largest absolute Gasteiger partial charge is 0.375 e. The number of carbonyl (C=O) groups excluding carboxylic acids is 1. The van der Waals surface area contributed by atoms with Gasteiger partial charge in [-0.3, -0.25) is 4.79 Å². The summed E-state index contributed by atoms with van der Waals surface area (Å²) in [4.78, 5) is 20.4. The number of aromatic nitrogens is 3. The number of nitrogens with one attached hydrogen (secondary N) is 1. The highest BCUT2D eigenvalue weighted by atomic mass is 32.1. The van der Waals surface area contributed by atoms with Crippen LogP contribution in [0.5, 0.6) is 0 Å². The van der Waals surface area contributed by atoms with E-state index in [0.29, 0.717) is 49.1 Å². The summed E-state index contributed by atoms with van der Waals surface area (Å²) in [5.74, 6) is 1.13. The molecule has 0 saturated heterocycles. The number of anilines is 1. The van der Waals surface area contributed by atoms with E-state index in [1.54, 1.807) is 0 Å². The minimum atomic E-state index is 0.00613. The van der Waals surface area contributed by atoms with Gasteiger partial charge in [-0.15, -0.1) is 11.3 Å². The molecule has 3 aromatic rings. The predicted molar refractivity (Wildman–Crippen MR) is 101 cm³/mol. The molecule has 2 aromatic heterocycles. The summed E-state index contributed by atoms with van der Waals surface area (Å²) >= 11 is 1.41. The van der Waals surface area contributed by atoms with Crippen LogP contribution in [0.1, 0.15) is 30.0 Å². The molecule has 7 nitrogen and oxygen atoms in total. The summed E-state index contributed by atoms with van der Waals surface area (Å²) in [6.07, 6.45) is 2.34. The first kappa shape index (κ1) is 18.1. The number of benzene rings is 1. The van der Waals surface area contributed by atoms with Crippen LogP contribution in [-0.2, 0) is 17.6 Å². The van der Waals surface area contributed by atoms with Gasteiger partial charge >= 0.3 is 0 Å². The molecule has 0 fully saturated rings. The SMILES string of the molecule is Cc1cccc(-c2noc(CCCC(=O)NCCc3csc(N)n3)n2)c1. The van der Waals surface area contributed by atoms with Gasteiger partial charge in [-0.05, 0) is 19.4 Å². The van der Waals surface area contributed by atoms with Gasteiger partial charge in [-0.1, -0.05) is 28.9 Å². The molecule has 3 rings (SSSR count). The van der Waals surface area contributed by atoms with Crippen LogP contribution < -0.4 is 11.1 Å². The van der Waals surface area contributed by atoms with Gasteiger partial charge in [0.1, 0.15) is 0 Å². The molecule has 0 spiro atoms. The fourth-order valence-corrected chi connectivity index (χ4v) is 3.11. The predicted octanol–water partition coefficient (Wildman–Crippen LogP) is 2.77. The van der Waals surface area contributed by atoms with Crippen molar-refractivity contribution in [3.8, 4) is 11.4 Å². The minimum Gasteiger partial charge on any atom is -0.375 e. The number of amides is 1. The molecule has 3 N–H and O–H groups in total. The van der Waals surface area contributed by atoms with Gasteiger partial charge in [0.15, 0.2) is 5.13 Å². The first-order valence-electron chi connectivity index (χ1n) is 8.46. The molecule has 0 atom stereocenters. The number of nitrogen functional groups attached to an aromatic ring is 1. The number of rotatable bonds is 8. The summed E-state index contributed by atoms with van der Waals surface area (Å²) in [5.41, 5.74) is 8.56. The maximum atomic E-state index is 11.9. The Morgan fingerprint density at radius 1 is 1.31 bits per heavy atom. The number of aryl methyl sites for hydroxylation is 2. The van der Waals surface area contributed by atoms with Crippen LogP contribution in [-0.4, -0.2) is 27.6 Å². The van der Waals surface area contributed by atoms with Crippen molar-refractivity contribution in [1.29, 1.82) is 0 Å². The number of carbonyl (C=O) groups is 1. The van der Waals surface area contributed by atoms with E-state index in [9.17, 15) is 4.79 Å². The summed E-state index contributed by atoms with van der Waals surface area (Å²) in [7, 11) is 0. The quantitative estimate of drug-likeness (QED) is 0.630. The zero-order valence-corrected chi connectivity index (χ0v) is 15.4. The third kappa shape index (κ3) is 5.13. The van der Waals surface area contributed by atoms with Gasteiger partial charge in [0, 0.05) is 36.8 Å². The molecule has 26 heavy (non-hydrogen) atoms. The number of nitrogens with zero attached hydrogens (tertiary/aromatic N) is 3. The van der Waals surface area contributed by atoms with Gasteiger partial charge in [-0.2, -0.15) is 4.98 Å². The average Bonchev–Trinajstić information content (AvgIpc) is 3.24. The van der Waals surface area contributed by atoms with Crippen LogP contribution >= 0.6 is 11.3 Å². The van der Waals surface area contributed by atoms with E-state index in [0.717, 1.165) is 16.8 Å². The Morgan fingerprint density at radius 2 is 2.19 bits per heavy atom. The second-order valence-electron chi connectivity index (χ2n) is 6.01. The summed E-state index contributed by atoms with van der Waals surface area (Å²) < 4.78 is 5.27. The number of hydrogen-bond acceptors (Lipinski definition) is 7. The van der Waals surface area contributed by atoms with Crippen LogP contribution in [0.15, 0.2) is 34.2 Å². The van der Waals surface area contributed by atoms with Crippen molar-refractivity contribution in [2.24, 2.45) is 0 Å². The van der Waals surface area contributed by atoms with E-state index in [4.69, 9.17) is 10.3 Å². The summed E-state index contributed by atoms with van der Waals surface area (Å²) in [6.45, 7) is 2.58. The molecule has 1 amide bonds. The van der Waals surface area contributed by atoms with E-state index < -0.39 is 0 Å². The zero-order chi connectivity index (χ0) is 18.4. The van der Waals surface area contributed by atoms with Crippen LogP contribution in [0.2, 0.25) is 0 Å². The minimum absolute atomic E-state index is 0.00613. The molecule has 0 aliphatic carbocycles. The third-order valence-electron chi connectivity index (χ3n) is 3.81. The van der Waals surface area contributed by atoms with Crippen LogP contribution in [0.3, 0.4) is 0 Å². The van der Waals surface area contributed by atoms with Crippen molar-refractivity contribution < 1.29 is 9.32 Å². The van der Waals surface area contributed by atoms with Crippen molar-refractivity contribution >= 4 is 22.4 Å². The lowest BCUT2D eigenvalue weighted by atomic mass is 10.1. The van der Waals surface area contributed by atoms with E-state index in [2.05, 4.69) is 20.4 Å². The first-order valence-corrected chi connectivity index (χ1v) is 9.34. The zero-order valence-electron chi connectivity index (χ0n) is 14.6. The highest BCUT2D eigenvalue weighted by Gasteiger charge is 2.10.